The highest BCUT2D eigenvalue weighted by Crippen LogP contribution is 2.29. The number of halogens is 3. The quantitative estimate of drug-likeness (QED) is 0.792. The number of hydrogen-bond donors (Lipinski definition) is 3. The molecule has 0 radical (unpaired) electrons. The Kier molecular flexibility index (Phi) is 3.39. The first-order valence-corrected chi connectivity index (χ1v) is 5.58. The van der Waals surface area contributed by atoms with E-state index in [0.29, 0.717) is 5.69 Å². The molecule has 20 heavy (non-hydrogen) atoms. The Morgan fingerprint density at radius 2 is 2.10 bits per heavy atom. The van der Waals surface area contributed by atoms with Gasteiger partial charge in [0, 0.05) is 5.56 Å². The number of aromatic amines is 1. The van der Waals surface area contributed by atoms with Gasteiger partial charge >= 0.3 is 6.18 Å². The number of rotatable bonds is 2. The van der Waals surface area contributed by atoms with Crippen LogP contribution in [-0.4, -0.2) is 16.1 Å². The van der Waals surface area contributed by atoms with Gasteiger partial charge in [0.2, 0.25) is 0 Å². The van der Waals surface area contributed by atoms with E-state index in [1.54, 1.807) is 6.92 Å². The van der Waals surface area contributed by atoms with Crippen molar-refractivity contribution >= 4 is 17.4 Å². The predicted octanol–water partition coefficient (Wildman–Crippen LogP) is 2.57. The Balaban J connectivity index is 2.24. The van der Waals surface area contributed by atoms with Crippen LogP contribution < -0.4 is 11.1 Å². The molecule has 5 nitrogen and oxygen atoms in total. The largest absolute Gasteiger partial charge is 0.416 e. The summed E-state index contributed by atoms with van der Waals surface area (Å²) in [5, 5.41) is 8.66. The second kappa shape index (κ2) is 4.87. The van der Waals surface area contributed by atoms with E-state index in [9.17, 15) is 18.0 Å². The SMILES string of the molecule is Cc1[nH]nc(NC(=O)c2cccc(C(F)(F)F)c2)c1N. The van der Waals surface area contributed by atoms with Crippen molar-refractivity contribution in [3.63, 3.8) is 0 Å². The maximum Gasteiger partial charge on any atom is 0.416 e. The van der Waals surface area contributed by atoms with Crippen molar-refractivity contribution in [3.05, 3.63) is 41.1 Å². The van der Waals surface area contributed by atoms with Gasteiger partial charge < -0.3 is 11.1 Å². The first kappa shape index (κ1) is 13.9. The molecule has 0 bridgehead atoms. The lowest BCUT2D eigenvalue weighted by Gasteiger charge is -2.08. The number of benzene rings is 1. The maximum atomic E-state index is 12.6. The molecule has 0 saturated carbocycles. The molecule has 1 amide bonds. The van der Waals surface area contributed by atoms with Gasteiger partial charge in [-0.3, -0.25) is 9.89 Å². The Morgan fingerprint density at radius 3 is 2.65 bits per heavy atom. The van der Waals surface area contributed by atoms with Crippen LogP contribution in [0.3, 0.4) is 0 Å². The van der Waals surface area contributed by atoms with Gasteiger partial charge in [-0.05, 0) is 25.1 Å². The van der Waals surface area contributed by atoms with Crippen molar-refractivity contribution in [2.45, 2.75) is 13.1 Å². The molecule has 0 aliphatic heterocycles. The molecule has 4 N–H and O–H groups in total. The van der Waals surface area contributed by atoms with Gasteiger partial charge in [0.05, 0.1) is 16.9 Å². The third kappa shape index (κ3) is 2.73. The van der Waals surface area contributed by atoms with Crippen LogP contribution in [0.4, 0.5) is 24.7 Å². The molecular formula is C12H11F3N4O. The third-order valence-electron chi connectivity index (χ3n) is 2.68. The molecule has 0 saturated heterocycles. The lowest BCUT2D eigenvalue weighted by molar-refractivity contribution is -0.137. The summed E-state index contributed by atoms with van der Waals surface area (Å²) >= 11 is 0. The zero-order valence-electron chi connectivity index (χ0n) is 10.4. The van der Waals surface area contributed by atoms with E-state index in [-0.39, 0.29) is 17.1 Å². The lowest BCUT2D eigenvalue weighted by atomic mass is 10.1. The minimum atomic E-state index is -4.50. The first-order valence-electron chi connectivity index (χ1n) is 5.58. The molecule has 1 aromatic carbocycles. The molecule has 106 valence electrons. The molecular weight excluding hydrogens is 273 g/mol. The van der Waals surface area contributed by atoms with Gasteiger partial charge in [-0.25, -0.2) is 0 Å². The van der Waals surface area contributed by atoms with E-state index in [1.807, 2.05) is 0 Å². The molecule has 0 atom stereocenters. The molecule has 2 aromatic rings. The minimum absolute atomic E-state index is 0.0879. The number of anilines is 2. The smallest absolute Gasteiger partial charge is 0.394 e. The van der Waals surface area contributed by atoms with Crippen molar-refractivity contribution in [2.75, 3.05) is 11.1 Å². The summed E-state index contributed by atoms with van der Waals surface area (Å²) in [7, 11) is 0. The van der Waals surface area contributed by atoms with Crippen molar-refractivity contribution < 1.29 is 18.0 Å². The molecule has 0 spiro atoms. The van der Waals surface area contributed by atoms with Crippen LogP contribution >= 0.6 is 0 Å². The van der Waals surface area contributed by atoms with Gasteiger partial charge in [0.1, 0.15) is 0 Å². The van der Waals surface area contributed by atoms with Crippen LogP contribution in [0.1, 0.15) is 21.6 Å². The van der Waals surface area contributed by atoms with Crippen molar-refractivity contribution in [3.8, 4) is 0 Å². The Labute approximate surface area is 112 Å². The van der Waals surface area contributed by atoms with Crippen LogP contribution in [0.15, 0.2) is 24.3 Å². The predicted molar refractivity (Wildman–Crippen MR) is 67.1 cm³/mol. The Hall–Kier alpha value is -2.51. The number of carbonyl (C=O) groups is 1. The molecule has 1 aromatic heterocycles. The number of aryl methyl sites for hydroxylation is 1. The number of nitrogens with one attached hydrogen (secondary N) is 2. The highest BCUT2D eigenvalue weighted by atomic mass is 19.4. The summed E-state index contributed by atoms with van der Waals surface area (Å²) in [6.07, 6.45) is -4.50. The van der Waals surface area contributed by atoms with E-state index in [1.165, 1.54) is 6.07 Å². The average molecular weight is 284 g/mol. The monoisotopic (exact) mass is 284 g/mol. The number of amides is 1. The van der Waals surface area contributed by atoms with Gasteiger partial charge in [0.25, 0.3) is 5.91 Å². The zero-order chi connectivity index (χ0) is 14.9. The summed E-state index contributed by atoms with van der Waals surface area (Å²) in [6, 6.07) is 4.10. The maximum absolute atomic E-state index is 12.6. The van der Waals surface area contributed by atoms with Crippen LogP contribution in [-0.2, 0) is 6.18 Å². The number of H-pyrrole nitrogens is 1. The summed E-state index contributed by atoms with van der Waals surface area (Å²) in [4.78, 5) is 11.9. The molecule has 8 heteroatoms. The van der Waals surface area contributed by atoms with E-state index in [0.717, 1.165) is 18.2 Å². The number of nitrogens with zero attached hydrogens (tertiary/aromatic N) is 1. The highest BCUT2D eigenvalue weighted by molar-refractivity contribution is 6.05. The van der Waals surface area contributed by atoms with Gasteiger partial charge in [-0.1, -0.05) is 6.07 Å². The summed E-state index contributed by atoms with van der Waals surface area (Å²) in [5.41, 5.74) is 5.42. The molecule has 2 rings (SSSR count). The topological polar surface area (TPSA) is 83.8 Å². The fourth-order valence-corrected chi connectivity index (χ4v) is 1.55. The summed E-state index contributed by atoms with van der Waals surface area (Å²) in [6.45, 7) is 1.66. The Morgan fingerprint density at radius 1 is 1.40 bits per heavy atom. The van der Waals surface area contributed by atoms with Crippen LogP contribution in [0.5, 0.6) is 0 Å². The number of nitrogens with two attached hydrogens (primary N) is 1. The molecule has 0 aliphatic rings. The van der Waals surface area contributed by atoms with E-state index in [4.69, 9.17) is 5.73 Å². The number of hydrogen-bond acceptors (Lipinski definition) is 3. The van der Waals surface area contributed by atoms with Crippen molar-refractivity contribution in [2.24, 2.45) is 0 Å². The van der Waals surface area contributed by atoms with Gasteiger partial charge in [0.15, 0.2) is 5.82 Å². The molecule has 1 heterocycles. The van der Waals surface area contributed by atoms with Crippen LogP contribution in [0.25, 0.3) is 0 Å². The molecule has 0 unspecified atom stereocenters. The second-order valence-electron chi connectivity index (χ2n) is 4.14. The average Bonchev–Trinajstić information content (AvgIpc) is 2.70. The van der Waals surface area contributed by atoms with Crippen molar-refractivity contribution in [1.82, 2.24) is 10.2 Å². The lowest BCUT2D eigenvalue weighted by Crippen LogP contribution is -2.15. The third-order valence-corrected chi connectivity index (χ3v) is 2.68. The summed E-state index contributed by atoms with van der Waals surface area (Å²) in [5.74, 6) is -0.626. The Bertz CT molecular complexity index is 648. The first-order chi connectivity index (χ1) is 9.29. The van der Waals surface area contributed by atoms with E-state index in [2.05, 4.69) is 15.5 Å². The van der Waals surface area contributed by atoms with Crippen molar-refractivity contribution in [1.29, 1.82) is 0 Å². The molecule has 0 aliphatic carbocycles. The zero-order valence-corrected chi connectivity index (χ0v) is 10.4. The second-order valence-corrected chi connectivity index (χ2v) is 4.14. The standard InChI is InChI=1S/C12H11F3N4O/c1-6-9(16)10(19-18-6)17-11(20)7-3-2-4-8(5-7)12(13,14)15/h2-5H,16H2,1H3,(H2,17,18,19,20). The number of aromatic nitrogens is 2. The fourth-order valence-electron chi connectivity index (χ4n) is 1.55. The highest BCUT2D eigenvalue weighted by Gasteiger charge is 2.31. The van der Waals surface area contributed by atoms with Gasteiger partial charge in [-0.15, -0.1) is 0 Å². The van der Waals surface area contributed by atoms with Crippen LogP contribution in [0, 0.1) is 6.92 Å². The molecule has 0 fully saturated rings. The minimum Gasteiger partial charge on any atom is -0.394 e. The van der Waals surface area contributed by atoms with Gasteiger partial charge in [-0.2, -0.15) is 18.3 Å². The van der Waals surface area contributed by atoms with E-state index < -0.39 is 17.6 Å². The van der Waals surface area contributed by atoms with E-state index >= 15 is 0 Å². The number of alkyl halides is 3. The normalized spacial score (nSPS) is 11.4. The fraction of sp³-hybridized carbons (Fsp3) is 0.167. The van der Waals surface area contributed by atoms with Crippen LogP contribution in [0.2, 0.25) is 0 Å². The number of nitrogen functional groups attached to an aromatic ring is 1. The number of carbonyl (C=O) groups excluding carboxylic acids is 1. The summed E-state index contributed by atoms with van der Waals surface area (Å²) < 4.78 is 37.7.